The van der Waals surface area contributed by atoms with E-state index < -0.39 is 0 Å². The highest BCUT2D eigenvalue weighted by Crippen LogP contribution is 2.15. The highest BCUT2D eigenvalue weighted by atomic mass is 35.5. The Morgan fingerprint density at radius 1 is 0.449 bits per heavy atom. The van der Waals surface area contributed by atoms with Crippen molar-refractivity contribution < 1.29 is 19.2 Å². The van der Waals surface area contributed by atoms with E-state index >= 15 is 0 Å². The summed E-state index contributed by atoms with van der Waals surface area (Å²) in [6.45, 7) is 23.9. The predicted octanol–water partition coefficient (Wildman–Crippen LogP) is 7.28. The minimum Gasteiger partial charge on any atom is -0.382 e. The number of hydrogen-bond acceptors (Lipinski definition) is 22. The summed E-state index contributed by atoms with van der Waals surface area (Å²) >= 11 is 5.77. The minimum atomic E-state index is 0. The van der Waals surface area contributed by atoms with Gasteiger partial charge in [-0.1, -0.05) is 59.3 Å². The molecule has 0 aliphatic rings. The molecule has 0 saturated heterocycles. The van der Waals surface area contributed by atoms with Crippen molar-refractivity contribution in [2.45, 2.75) is 93.9 Å². The lowest BCUT2D eigenvalue weighted by atomic mass is 10.5. The molecule has 3 aromatic rings. The van der Waals surface area contributed by atoms with Crippen molar-refractivity contribution in [1.29, 1.82) is 0 Å². The van der Waals surface area contributed by atoms with E-state index in [9.17, 15) is 0 Å². The third-order valence-electron chi connectivity index (χ3n) is 7.14. The number of terminal acetylenes is 3. The van der Waals surface area contributed by atoms with E-state index in [1.165, 1.54) is 31.5 Å². The molecule has 394 valence electrons. The Morgan fingerprint density at radius 2 is 0.725 bits per heavy atom. The van der Waals surface area contributed by atoms with E-state index in [0.29, 0.717) is 54.1 Å². The second-order valence-electron chi connectivity index (χ2n) is 12.7. The van der Waals surface area contributed by atoms with Gasteiger partial charge in [-0.15, -0.1) is 56.5 Å². The molecule has 0 atom stereocenters. The third-order valence-corrected chi connectivity index (χ3v) is 7.31. The van der Waals surface area contributed by atoms with Gasteiger partial charge in [0.05, 0.1) is 27.9 Å². The lowest BCUT2D eigenvalue weighted by Crippen LogP contribution is -2.25. The van der Waals surface area contributed by atoms with Crippen molar-refractivity contribution in [3.8, 4) is 37.0 Å². The molecular weight excluding hydrogens is 974 g/mol. The van der Waals surface area contributed by atoms with E-state index in [2.05, 4.69) is 146 Å². The van der Waals surface area contributed by atoms with Crippen molar-refractivity contribution in [2.24, 2.45) is 0 Å². The first-order valence-electron chi connectivity index (χ1n) is 22.2. The molecule has 0 amide bonds. The summed E-state index contributed by atoms with van der Waals surface area (Å²) in [5.74, 6) is 11.2. The maximum absolute atomic E-state index is 5.77. The monoisotopic (exact) mass is 1050 g/mol. The van der Waals surface area contributed by atoms with Gasteiger partial charge >= 0.3 is 0 Å². The number of hydroxylamine groups is 3. The van der Waals surface area contributed by atoms with Crippen LogP contribution in [0.25, 0.3) is 0 Å². The van der Waals surface area contributed by atoms with Gasteiger partial charge in [0.25, 0.3) is 11.9 Å². The standard InChI is InChI=1S/2C13H22N6O.C9H16ClN5.C4H7NO.C4H10O.3ClH/c2*1-5-8-14-11-16-12(15-9-6-2)18-13(17-11)19(20-4)10-7-3;1-3-5-11-8-13-7(10)14-9(15-8)12-6-4-2;1-3-4-5-6-2;1-3-5-4-2;;;/h2*3H,5-6,8-10H2,1-2,4H3,(H2,14,15,16,17,18);3-6H2,1-2H3,(H2,11,12,13,14,15);1,5H,4H2,2H3;3-4H2,1-2H3;3*1H. The average Bonchev–Trinajstić information content (AvgIpc) is 3.33. The summed E-state index contributed by atoms with van der Waals surface area (Å²) in [4.78, 5) is 52.7. The van der Waals surface area contributed by atoms with Crippen LogP contribution in [0.3, 0.4) is 0 Å². The van der Waals surface area contributed by atoms with Crippen LogP contribution in [0.4, 0.5) is 47.6 Å². The zero-order chi connectivity index (χ0) is 49.6. The molecule has 0 aliphatic heterocycles. The molecule has 3 rings (SSSR count). The second kappa shape index (κ2) is 52.4. The Labute approximate surface area is 435 Å². The van der Waals surface area contributed by atoms with Gasteiger partial charge in [0, 0.05) is 52.5 Å². The summed E-state index contributed by atoms with van der Waals surface area (Å²) in [5.41, 5.74) is 2.46. The Kier molecular flexibility index (Phi) is 55.5. The van der Waals surface area contributed by atoms with E-state index in [4.69, 9.17) is 45.3 Å². The van der Waals surface area contributed by atoms with Crippen LogP contribution in [0.15, 0.2) is 0 Å². The fourth-order valence-corrected chi connectivity index (χ4v) is 4.28. The summed E-state index contributed by atoms with van der Waals surface area (Å²) in [6, 6.07) is 0. The first-order valence-corrected chi connectivity index (χ1v) is 22.6. The fourth-order valence-electron chi connectivity index (χ4n) is 4.12. The van der Waals surface area contributed by atoms with E-state index in [-0.39, 0.29) is 55.6 Å². The fraction of sp³-hybridized carbons (Fsp3) is 0.651. The normalized spacial score (nSPS) is 9.17. The number of hydrogen-bond donors (Lipinski definition) is 7. The number of aromatic nitrogens is 9. The minimum absolute atomic E-state index is 0. The van der Waals surface area contributed by atoms with Crippen LogP contribution in [0.2, 0.25) is 5.28 Å². The second-order valence-corrected chi connectivity index (χ2v) is 13.1. The summed E-state index contributed by atoms with van der Waals surface area (Å²) < 4.78 is 4.83. The van der Waals surface area contributed by atoms with Crippen molar-refractivity contribution in [1.82, 2.24) is 50.3 Å². The predicted molar refractivity (Wildman–Crippen MR) is 291 cm³/mol. The molecule has 26 heteroatoms. The number of halogens is 4. The van der Waals surface area contributed by atoms with Gasteiger partial charge in [-0.05, 0) is 64.0 Å². The summed E-state index contributed by atoms with van der Waals surface area (Å²) in [7, 11) is 4.58. The molecule has 0 bridgehead atoms. The molecule has 0 fully saturated rings. The smallest absolute Gasteiger partial charge is 0.257 e. The van der Waals surface area contributed by atoms with Gasteiger partial charge in [-0.2, -0.15) is 50.3 Å². The molecule has 3 heterocycles. The molecule has 0 saturated carbocycles. The quantitative estimate of drug-likeness (QED) is 0.0215. The van der Waals surface area contributed by atoms with Crippen LogP contribution in [0.1, 0.15) is 93.9 Å². The van der Waals surface area contributed by atoms with Gasteiger partial charge < -0.3 is 41.5 Å². The lowest BCUT2D eigenvalue weighted by Gasteiger charge is -2.18. The number of nitrogens with zero attached hydrogens (tertiary/aromatic N) is 11. The van der Waals surface area contributed by atoms with E-state index in [1.807, 2.05) is 13.8 Å². The highest BCUT2D eigenvalue weighted by molar-refractivity contribution is 6.28. The first kappa shape index (κ1) is 73.0. The Hall–Kier alpha value is -4.93. The van der Waals surface area contributed by atoms with Gasteiger partial charge in [0.2, 0.25) is 41.0 Å². The Morgan fingerprint density at radius 3 is 0.899 bits per heavy atom. The molecular formula is C43H80Cl4N18O4. The molecule has 3 aromatic heterocycles. The van der Waals surface area contributed by atoms with Crippen LogP contribution in [0.5, 0.6) is 0 Å². The number of nitrogens with one attached hydrogen (secondary N) is 7. The Balaban J connectivity index is -0.000000264. The average molecular weight is 1060 g/mol. The maximum Gasteiger partial charge on any atom is 0.257 e. The summed E-state index contributed by atoms with van der Waals surface area (Å²) in [5, 5.41) is 21.8. The highest BCUT2D eigenvalue weighted by Gasteiger charge is 2.14. The molecule has 0 radical (unpaired) electrons. The molecule has 69 heavy (non-hydrogen) atoms. The maximum atomic E-state index is 5.77. The molecule has 0 aliphatic carbocycles. The van der Waals surface area contributed by atoms with Gasteiger partial charge in [0.1, 0.15) is 13.1 Å². The number of rotatable bonds is 28. The lowest BCUT2D eigenvalue weighted by molar-refractivity contribution is 0.103. The zero-order valence-corrected chi connectivity index (χ0v) is 45.6. The molecule has 22 nitrogen and oxygen atoms in total. The van der Waals surface area contributed by atoms with Gasteiger partial charge in [-0.25, -0.2) is 10.1 Å². The van der Waals surface area contributed by atoms with Crippen LogP contribution >= 0.6 is 48.8 Å². The number of ether oxygens (including phenoxy) is 1. The molecule has 0 unspecified atom stereocenters. The zero-order valence-electron chi connectivity index (χ0n) is 42.4. The molecule has 0 aromatic carbocycles. The van der Waals surface area contributed by atoms with Gasteiger partial charge in [-0.3, -0.25) is 9.68 Å². The first-order chi connectivity index (χ1) is 32.1. The van der Waals surface area contributed by atoms with Crippen LogP contribution < -0.4 is 47.5 Å². The van der Waals surface area contributed by atoms with E-state index in [0.717, 1.165) is 91.0 Å². The third kappa shape index (κ3) is 38.6. The molecule has 0 spiro atoms. The summed E-state index contributed by atoms with van der Waals surface area (Å²) in [6.07, 6.45) is 21.4. The largest absolute Gasteiger partial charge is 0.382 e. The van der Waals surface area contributed by atoms with Crippen molar-refractivity contribution in [3.63, 3.8) is 0 Å². The molecule has 7 N–H and O–H groups in total. The number of anilines is 8. The topological polar surface area (TPSA) is 244 Å². The van der Waals surface area contributed by atoms with Gasteiger partial charge in [0.15, 0.2) is 0 Å². The van der Waals surface area contributed by atoms with Crippen LogP contribution in [0, 0.1) is 37.0 Å². The van der Waals surface area contributed by atoms with Crippen molar-refractivity contribution in [3.05, 3.63) is 5.28 Å². The van der Waals surface area contributed by atoms with Crippen LogP contribution in [-0.2, 0) is 19.2 Å². The van der Waals surface area contributed by atoms with Crippen molar-refractivity contribution in [2.75, 3.05) is 135 Å². The van der Waals surface area contributed by atoms with Crippen molar-refractivity contribution >= 4 is 96.4 Å². The van der Waals surface area contributed by atoms with Crippen LogP contribution in [-0.4, -0.2) is 138 Å². The SMILES string of the molecule is C#CCN(OC)c1nc(NCCC)nc(NCCC)n1.C#CCN(OC)c1nc(NCCC)nc(NCCC)n1.C#CCNOC.CCCNc1nc(Cl)nc(NCCC)n1.CCOCC.Cl.Cl.Cl. The van der Waals surface area contributed by atoms with E-state index in [1.54, 1.807) is 0 Å². The Bertz CT molecular complexity index is 1610.